The molecule has 1 N–H and O–H groups in total. The highest BCUT2D eigenvalue weighted by Crippen LogP contribution is 2.25. The Hall–Kier alpha value is -2.28. The van der Waals surface area contributed by atoms with Crippen LogP contribution in [0, 0.1) is 5.82 Å². The Morgan fingerprint density at radius 3 is 2.77 bits per heavy atom. The molecule has 6 nitrogen and oxygen atoms in total. The highest BCUT2D eigenvalue weighted by Gasteiger charge is 2.33. The Morgan fingerprint density at radius 2 is 2.14 bits per heavy atom. The second-order valence-electron chi connectivity index (χ2n) is 5.30. The van der Waals surface area contributed by atoms with Crippen molar-refractivity contribution in [2.24, 2.45) is 0 Å². The lowest BCUT2D eigenvalue weighted by Crippen LogP contribution is -2.28. The van der Waals surface area contributed by atoms with Gasteiger partial charge in [0.15, 0.2) is 0 Å². The molecule has 7 heteroatoms. The lowest BCUT2D eigenvalue weighted by molar-refractivity contribution is -0.130. The molecule has 2 aromatic rings. The van der Waals surface area contributed by atoms with E-state index in [1.54, 1.807) is 11.1 Å². The van der Waals surface area contributed by atoms with Gasteiger partial charge in [0.2, 0.25) is 5.91 Å². The van der Waals surface area contributed by atoms with Crippen LogP contribution in [0.4, 0.5) is 4.39 Å². The van der Waals surface area contributed by atoms with Crippen molar-refractivity contribution in [3.63, 3.8) is 0 Å². The summed E-state index contributed by atoms with van der Waals surface area (Å²) in [6.45, 7) is 3.32. The van der Waals surface area contributed by atoms with Gasteiger partial charge in [-0.25, -0.2) is 9.07 Å². The van der Waals surface area contributed by atoms with Crippen molar-refractivity contribution in [1.82, 2.24) is 19.9 Å². The van der Waals surface area contributed by atoms with E-state index in [4.69, 9.17) is 0 Å². The van der Waals surface area contributed by atoms with Crippen molar-refractivity contribution in [3.05, 3.63) is 47.5 Å². The van der Waals surface area contributed by atoms with Crippen molar-refractivity contribution in [2.45, 2.75) is 25.5 Å². The molecule has 1 saturated heterocycles. The molecular formula is C15H17FN4O2. The quantitative estimate of drug-likeness (QED) is 0.924. The van der Waals surface area contributed by atoms with Crippen LogP contribution in [0.1, 0.15) is 36.7 Å². The number of likely N-dealkylation sites (tertiary alicyclic amines) is 1. The summed E-state index contributed by atoms with van der Waals surface area (Å²) in [6.07, 6.45) is 1.27. The summed E-state index contributed by atoms with van der Waals surface area (Å²) in [4.78, 5) is 13.9. The smallest absolute Gasteiger partial charge is 0.247 e. The topological polar surface area (TPSA) is 71.2 Å². The molecule has 0 spiro atoms. The summed E-state index contributed by atoms with van der Waals surface area (Å²) >= 11 is 0. The van der Waals surface area contributed by atoms with Gasteiger partial charge in [-0.1, -0.05) is 17.3 Å². The highest BCUT2D eigenvalue weighted by atomic mass is 19.1. The van der Waals surface area contributed by atoms with Gasteiger partial charge in [0.05, 0.1) is 6.20 Å². The van der Waals surface area contributed by atoms with E-state index in [9.17, 15) is 14.3 Å². The van der Waals surface area contributed by atoms with Crippen LogP contribution >= 0.6 is 0 Å². The van der Waals surface area contributed by atoms with E-state index >= 15 is 0 Å². The molecule has 3 rings (SSSR count). The molecule has 2 unspecified atom stereocenters. The van der Waals surface area contributed by atoms with E-state index in [2.05, 4.69) is 10.3 Å². The SMILES string of the molecule is CCN1CCC(n2cc(C(O)c3ccc(F)cc3)nn2)C1=O. The first kappa shape index (κ1) is 14.6. The first-order valence-electron chi connectivity index (χ1n) is 7.24. The molecule has 1 amide bonds. The molecule has 1 aromatic carbocycles. The maximum absolute atomic E-state index is 12.9. The van der Waals surface area contributed by atoms with Gasteiger partial charge < -0.3 is 10.0 Å². The number of likely N-dealkylation sites (N-methyl/N-ethyl adjacent to an activating group) is 1. The van der Waals surface area contributed by atoms with Gasteiger partial charge >= 0.3 is 0 Å². The number of halogens is 1. The van der Waals surface area contributed by atoms with E-state index < -0.39 is 6.10 Å². The third-order valence-corrected chi connectivity index (χ3v) is 3.96. The number of carbonyl (C=O) groups excluding carboxylic acids is 1. The predicted octanol–water partition coefficient (Wildman–Crippen LogP) is 1.29. The van der Waals surface area contributed by atoms with Crippen LogP contribution in [0.2, 0.25) is 0 Å². The van der Waals surface area contributed by atoms with Gasteiger partial charge in [0.25, 0.3) is 0 Å². The fraction of sp³-hybridized carbons (Fsp3) is 0.400. The molecule has 1 aromatic heterocycles. The molecule has 2 atom stereocenters. The van der Waals surface area contributed by atoms with Gasteiger partial charge in [-0.2, -0.15) is 0 Å². The molecule has 1 aliphatic heterocycles. The van der Waals surface area contributed by atoms with E-state index in [1.807, 2.05) is 6.92 Å². The minimum Gasteiger partial charge on any atom is -0.382 e. The molecule has 1 fully saturated rings. The number of carbonyl (C=O) groups is 1. The Bertz CT molecular complexity index is 670. The van der Waals surface area contributed by atoms with Crippen LogP contribution in [-0.4, -0.2) is 44.0 Å². The molecule has 0 saturated carbocycles. The summed E-state index contributed by atoms with van der Waals surface area (Å²) in [5.41, 5.74) is 0.871. The number of nitrogens with zero attached hydrogens (tertiary/aromatic N) is 4. The third-order valence-electron chi connectivity index (χ3n) is 3.96. The Labute approximate surface area is 127 Å². The molecule has 1 aliphatic rings. The normalized spacial score (nSPS) is 19.7. The van der Waals surface area contributed by atoms with Crippen LogP contribution in [0.15, 0.2) is 30.5 Å². The van der Waals surface area contributed by atoms with Crippen molar-refractivity contribution >= 4 is 5.91 Å². The fourth-order valence-corrected chi connectivity index (χ4v) is 2.67. The predicted molar refractivity (Wildman–Crippen MR) is 76.4 cm³/mol. The molecule has 0 radical (unpaired) electrons. The Balaban J connectivity index is 1.79. The monoisotopic (exact) mass is 304 g/mol. The molecule has 0 bridgehead atoms. The molecule has 2 heterocycles. The van der Waals surface area contributed by atoms with Crippen molar-refractivity contribution in [1.29, 1.82) is 0 Å². The van der Waals surface area contributed by atoms with Gasteiger partial charge in [-0.05, 0) is 31.0 Å². The molecule has 22 heavy (non-hydrogen) atoms. The number of hydrogen-bond acceptors (Lipinski definition) is 4. The van der Waals surface area contributed by atoms with Gasteiger partial charge in [0.1, 0.15) is 23.7 Å². The fourth-order valence-electron chi connectivity index (χ4n) is 2.67. The van der Waals surface area contributed by atoms with Gasteiger partial charge in [0, 0.05) is 13.1 Å². The minimum atomic E-state index is -0.992. The number of aliphatic hydroxyl groups excluding tert-OH is 1. The van der Waals surface area contributed by atoms with Gasteiger partial charge in [-0.15, -0.1) is 5.10 Å². The van der Waals surface area contributed by atoms with Crippen LogP contribution in [-0.2, 0) is 4.79 Å². The van der Waals surface area contributed by atoms with Crippen LogP contribution < -0.4 is 0 Å². The zero-order valence-electron chi connectivity index (χ0n) is 12.2. The zero-order valence-corrected chi connectivity index (χ0v) is 12.2. The number of aromatic nitrogens is 3. The number of amides is 1. The van der Waals surface area contributed by atoms with Crippen LogP contribution in [0.5, 0.6) is 0 Å². The summed E-state index contributed by atoms with van der Waals surface area (Å²) in [7, 11) is 0. The summed E-state index contributed by atoms with van der Waals surface area (Å²) in [5, 5.41) is 18.2. The van der Waals surface area contributed by atoms with Gasteiger partial charge in [-0.3, -0.25) is 4.79 Å². The number of rotatable bonds is 4. The van der Waals surface area contributed by atoms with Crippen LogP contribution in [0.25, 0.3) is 0 Å². The summed E-state index contributed by atoms with van der Waals surface area (Å²) in [5.74, 6) is -0.342. The first-order chi connectivity index (χ1) is 10.6. The summed E-state index contributed by atoms with van der Waals surface area (Å²) < 4.78 is 14.4. The third kappa shape index (κ3) is 2.59. The average molecular weight is 304 g/mol. The molecular weight excluding hydrogens is 287 g/mol. The van der Waals surface area contributed by atoms with Crippen molar-refractivity contribution < 1.29 is 14.3 Å². The number of hydrogen-bond donors (Lipinski definition) is 1. The van der Waals surface area contributed by atoms with Crippen molar-refractivity contribution in [2.75, 3.05) is 13.1 Å². The van der Waals surface area contributed by atoms with Crippen molar-refractivity contribution in [3.8, 4) is 0 Å². The van der Waals surface area contributed by atoms with E-state index in [0.29, 0.717) is 30.8 Å². The molecule has 0 aliphatic carbocycles. The Morgan fingerprint density at radius 1 is 1.41 bits per heavy atom. The Kier molecular flexibility index (Phi) is 3.89. The second kappa shape index (κ2) is 5.84. The first-order valence-corrected chi connectivity index (χ1v) is 7.24. The van der Waals surface area contributed by atoms with Crippen LogP contribution in [0.3, 0.4) is 0 Å². The van der Waals surface area contributed by atoms with E-state index in [-0.39, 0.29) is 17.8 Å². The number of benzene rings is 1. The number of aliphatic hydroxyl groups is 1. The largest absolute Gasteiger partial charge is 0.382 e. The maximum Gasteiger partial charge on any atom is 0.247 e. The zero-order chi connectivity index (χ0) is 15.7. The minimum absolute atomic E-state index is 0.0234. The average Bonchev–Trinajstić information content (AvgIpc) is 3.13. The lowest BCUT2D eigenvalue weighted by atomic mass is 10.1. The second-order valence-corrected chi connectivity index (χ2v) is 5.30. The standard InChI is InChI=1S/C15H17FN4O2/c1-2-19-8-7-13(15(19)22)20-9-12(17-18-20)14(21)10-3-5-11(16)6-4-10/h3-6,9,13-14,21H,2,7-8H2,1H3. The summed E-state index contributed by atoms with van der Waals surface area (Å²) in [6, 6.07) is 5.20. The van der Waals surface area contributed by atoms with E-state index in [0.717, 1.165) is 0 Å². The molecule has 116 valence electrons. The lowest BCUT2D eigenvalue weighted by Gasteiger charge is -2.13. The highest BCUT2D eigenvalue weighted by molar-refractivity contribution is 5.82. The van der Waals surface area contributed by atoms with E-state index in [1.165, 1.54) is 28.9 Å². The maximum atomic E-state index is 12.9.